The van der Waals surface area contributed by atoms with Crippen LogP contribution >= 0.6 is 0 Å². The fraction of sp³-hybridized carbons (Fsp3) is 0.250. The summed E-state index contributed by atoms with van der Waals surface area (Å²) in [5, 5.41) is 13.3. The van der Waals surface area contributed by atoms with Gasteiger partial charge in [-0.15, -0.1) is 0 Å². The van der Waals surface area contributed by atoms with Crippen LogP contribution in [0, 0.1) is 10.1 Å². The summed E-state index contributed by atoms with van der Waals surface area (Å²) in [6.45, 7) is 0.316. The SMILES string of the molecule is COc1ccc(S(=O)(=O)N2CCOCC2)cc1NC(=O)COC(=O)c1ccc(-c2ccc([N+](=O)[O-])cc2)o1. The van der Waals surface area contributed by atoms with Gasteiger partial charge in [0.25, 0.3) is 11.6 Å². The molecule has 0 aliphatic carbocycles. The smallest absolute Gasteiger partial charge is 0.374 e. The third kappa shape index (κ3) is 5.99. The van der Waals surface area contributed by atoms with E-state index >= 15 is 0 Å². The van der Waals surface area contributed by atoms with E-state index in [1.807, 2.05) is 0 Å². The van der Waals surface area contributed by atoms with Gasteiger partial charge >= 0.3 is 5.97 Å². The van der Waals surface area contributed by atoms with Crippen molar-refractivity contribution in [1.82, 2.24) is 4.31 Å². The Balaban J connectivity index is 1.39. The van der Waals surface area contributed by atoms with Crippen molar-refractivity contribution in [2.24, 2.45) is 0 Å². The van der Waals surface area contributed by atoms with Gasteiger partial charge in [-0.3, -0.25) is 14.9 Å². The van der Waals surface area contributed by atoms with E-state index in [0.717, 1.165) is 0 Å². The maximum Gasteiger partial charge on any atom is 0.374 e. The molecule has 3 aromatic rings. The van der Waals surface area contributed by atoms with Crippen molar-refractivity contribution in [3.8, 4) is 17.1 Å². The molecule has 2 heterocycles. The highest BCUT2D eigenvalue weighted by molar-refractivity contribution is 7.89. The Morgan fingerprint density at radius 3 is 2.45 bits per heavy atom. The van der Waals surface area contributed by atoms with Gasteiger partial charge in [-0.2, -0.15) is 4.31 Å². The molecule has 0 saturated carbocycles. The van der Waals surface area contributed by atoms with Gasteiger partial charge in [-0.05, 0) is 42.5 Å². The average molecular weight is 546 g/mol. The number of ether oxygens (including phenoxy) is 3. The van der Waals surface area contributed by atoms with E-state index in [-0.39, 0.29) is 59.8 Å². The quantitative estimate of drug-likeness (QED) is 0.240. The number of hydrogen-bond acceptors (Lipinski definition) is 10. The number of nitro groups is 1. The van der Waals surface area contributed by atoms with Crippen LogP contribution in [0.1, 0.15) is 10.6 Å². The van der Waals surface area contributed by atoms with Crippen LogP contribution in [-0.4, -0.2) is 69.5 Å². The third-order valence-electron chi connectivity index (χ3n) is 5.56. The van der Waals surface area contributed by atoms with Crippen molar-refractivity contribution < 1.29 is 41.6 Å². The number of anilines is 1. The molecule has 1 saturated heterocycles. The Morgan fingerprint density at radius 1 is 1.08 bits per heavy atom. The fourth-order valence-electron chi connectivity index (χ4n) is 3.62. The summed E-state index contributed by atoms with van der Waals surface area (Å²) in [7, 11) is -2.46. The molecule has 200 valence electrons. The number of nitrogens with one attached hydrogen (secondary N) is 1. The van der Waals surface area contributed by atoms with Gasteiger partial charge in [-0.25, -0.2) is 13.2 Å². The molecule has 14 heteroatoms. The summed E-state index contributed by atoms with van der Waals surface area (Å²) < 4.78 is 48.1. The van der Waals surface area contributed by atoms with Gasteiger partial charge in [0, 0.05) is 30.8 Å². The highest BCUT2D eigenvalue weighted by Crippen LogP contribution is 2.29. The first-order valence-corrected chi connectivity index (χ1v) is 12.7. The van der Waals surface area contributed by atoms with Crippen LogP contribution in [0.5, 0.6) is 5.75 Å². The molecule has 0 atom stereocenters. The van der Waals surface area contributed by atoms with Crippen LogP contribution in [0.25, 0.3) is 11.3 Å². The van der Waals surface area contributed by atoms with E-state index in [1.54, 1.807) is 0 Å². The number of non-ortho nitro benzene ring substituents is 1. The Labute approximate surface area is 217 Å². The monoisotopic (exact) mass is 545 g/mol. The van der Waals surface area contributed by atoms with E-state index in [9.17, 15) is 28.1 Å². The number of carbonyl (C=O) groups is 2. The average Bonchev–Trinajstić information content (AvgIpc) is 3.43. The van der Waals surface area contributed by atoms with Gasteiger partial charge in [0.05, 0.1) is 35.8 Å². The maximum absolute atomic E-state index is 13.0. The zero-order valence-corrected chi connectivity index (χ0v) is 20.9. The van der Waals surface area contributed by atoms with Gasteiger partial charge < -0.3 is 23.9 Å². The summed E-state index contributed by atoms with van der Waals surface area (Å²) in [6, 6.07) is 12.4. The van der Waals surface area contributed by atoms with E-state index in [2.05, 4.69) is 5.32 Å². The molecule has 1 amide bonds. The van der Waals surface area contributed by atoms with E-state index in [1.165, 1.54) is 66.0 Å². The molecule has 0 bridgehead atoms. The first kappa shape index (κ1) is 26.8. The number of hydrogen-bond donors (Lipinski definition) is 1. The summed E-state index contributed by atoms with van der Waals surface area (Å²) in [6.07, 6.45) is 0. The van der Waals surface area contributed by atoms with Gasteiger partial charge in [0.2, 0.25) is 15.8 Å². The highest BCUT2D eigenvalue weighted by atomic mass is 32.2. The standard InChI is InChI=1S/C24H23N3O10S/c1-34-21-7-6-18(38(32,33)26-10-12-35-13-11-26)14-19(21)25-23(28)15-36-24(29)22-9-8-20(37-22)16-2-4-17(5-3-16)27(30)31/h2-9,14H,10-13,15H2,1H3,(H,25,28). The first-order valence-electron chi connectivity index (χ1n) is 11.3. The zero-order chi connectivity index (χ0) is 27.3. The van der Waals surface area contributed by atoms with E-state index in [4.69, 9.17) is 18.6 Å². The van der Waals surface area contributed by atoms with Crippen molar-refractivity contribution >= 4 is 33.3 Å². The van der Waals surface area contributed by atoms with Crippen LogP contribution in [0.3, 0.4) is 0 Å². The number of morpholine rings is 1. The van der Waals surface area contributed by atoms with E-state index < -0.39 is 33.4 Å². The molecule has 4 rings (SSSR count). The second-order valence-electron chi connectivity index (χ2n) is 7.97. The number of methoxy groups -OCH3 is 1. The minimum atomic E-state index is -3.82. The van der Waals surface area contributed by atoms with Crippen molar-refractivity contribution in [2.75, 3.05) is 45.3 Å². The lowest BCUT2D eigenvalue weighted by Gasteiger charge is -2.26. The topological polar surface area (TPSA) is 168 Å². The number of rotatable bonds is 9. The molecule has 0 unspecified atom stereocenters. The summed E-state index contributed by atoms with van der Waals surface area (Å²) in [4.78, 5) is 35.1. The largest absolute Gasteiger partial charge is 0.495 e. The summed E-state index contributed by atoms with van der Waals surface area (Å²) in [5.74, 6) is -1.34. The Hall–Kier alpha value is -4.27. The number of benzene rings is 2. The molecule has 1 fully saturated rings. The Bertz CT molecular complexity index is 1440. The van der Waals surface area contributed by atoms with Crippen LogP contribution in [0.15, 0.2) is 63.9 Å². The van der Waals surface area contributed by atoms with Crippen LogP contribution in [0.4, 0.5) is 11.4 Å². The van der Waals surface area contributed by atoms with Crippen LogP contribution < -0.4 is 10.1 Å². The first-order chi connectivity index (χ1) is 18.2. The summed E-state index contributed by atoms with van der Waals surface area (Å²) in [5.41, 5.74) is 0.500. The highest BCUT2D eigenvalue weighted by Gasteiger charge is 2.27. The second-order valence-corrected chi connectivity index (χ2v) is 9.91. The maximum atomic E-state index is 13.0. The zero-order valence-electron chi connectivity index (χ0n) is 20.1. The lowest BCUT2D eigenvalue weighted by Crippen LogP contribution is -2.40. The molecule has 13 nitrogen and oxygen atoms in total. The van der Waals surface area contributed by atoms with Crippen LogP contribution in [0.2, 0.25) is 0 Å². The van der Waals surface area contributed by atoms with Crippen LogP contribution in [-0.2, 0) is 24.3 Å². The lowest BCUT2D eigenvalue weighted by molar-refractivity contribution is -0.384. The molecule has 0 radical (unpaired) electrons. The molecular weight excluding hydrogens is 522 g/mol. The number of nitro benzene ring substituents is 1. The van der Waals surface area contributed by atoms with Crippen molar-refractivity contribution in [3.63, 3.8) is 0 Å². The minimum Gasteiger partial charge on any atom is -0.495 e. The molecule has 1 aromatic heterocycles. The predicted octanol–water partition coefficient (Wildman–Crippen LogP) is 2.68. The molecule has 1 aliphatic heterocycles. The number of amides is 1. The number of furan rings is 1. The van der Waals surface area contributed by atoms with Gasteiger partial charge in [-0.1, -0.05) is 0 Å². The molecular formula is C24H23N3O10S. The molecule has 0 spiro atoms. The lowest BCUT2D eigenvalue weighted by atomic mass is 10.1. The minimum absolute atomic E-state index is 0.0400. The molecule has 38 heavy (non-hydrogen) atoms. The number of sulfonamides is 1. The predicted molar refractivity (Wildman–Crippen MR) is 132 cm³/mol. The summed E-state index contributed by atoms with van der Waals surface area (Å²) >= 11 is 0. The van der Waals surface area contributed by atoms with Crippen molar-refractivity contribution in [1.29, 1.82) is 0 Å². The second kappa shape index (κ2) is 11.4. The molecule has 1 aliphatic rings. The molecule has 1 N–H and O–H groups in total. The van der Waals surface area contributed by atoms with Crippen molar-refractivity contribution in [2.45, 2.75) is 4.90 Å². The van der Waals surface area contributed by atoms with Gasteiger partial charge in [0.1, 0.15) is 11.5 Å². The number of esters is 1. The van der Waals surface area contributed by atoms with Gasteiger partial charge in [0.15, 0.2) is 6.61 Å². The van der Waals surface area contributed by atoms with Crippen molar-refractivity contribution in [3.05, 3.63) is 70.5 Å². The number of nitrogens with zero attached hydrogens (tertiary/aromatic N) is 2. The third-order valence-corrected chi connectivity index (χ3v) is 7.45. The number of carbonyl (C=O) groups excluding carboxylic acids is 2. The Morgan fingerprint density at radius 2 is 1.79 bits per heavy atom. The van der Waals surface area contributed by atoms with E-state index in [0.29, 0.717) is 5.56 Å². The molecule has 2 aromatic carbocycles. The fourth-order valence-corrected chi connectivity index (χ4v) is 5.05. The normalized spacial score (nSPS) is 14.0. The Kier molecular flexibility index (Phi) is 8.05.